The lowest BCUT2D eigenvalue weighted by molar-refractivity contribution is 0.174. The van der Waals surface area contributed by atoms with Crippen LogP contribution in [0.25, 0.3) is 11.4 Å². The third kappa shape index (κ3) is 4.47. The number of unbranched alkanes of at least 4 members (excludes halogenated alkanes) is 1. The lowest BCUT2D eigenvalue weighted by atomic mass is 9.98. The standard InChI is InChI=1S/C24H27N3O5S/c1-2-3-4-17-5-8-20(9-6-17)33(28,29)27-13-11-18(12-14-27)24-25-23(26-32-24)19-7-10-21-22(15-19)31-16-30-21/h5-10,15,18H,2-4,11-14,16H2,1H3. The summed E-state index contributed by atoms with van der Waals surface area (Å²) in [5, 5.41) is 4.12. The van der Waals surface area contributed by atoms with Gasteiger partial charge in [-0.1, -0.05) is 30.6 Å². The van der Waals surface area contributed by atoms with Crippen LogP contribution in [-0.2, 0) is 16.4 Å². The second kappa shape index (κ2) is 9.15. The first-order valence-corrected chi connectivity index (χ1v) is 12.8. The van der Waals surface area contributed by atoms with E-state index in [-0.39, 0.29) is 12.7 Å². The number of sulfonamides is 1. The third-order valence-corrected chi connectivity index (χ3v) is 8.17. The lowest BCUT2D eigenvalue weighted by Gasteiger charge is -2.29. The largest absolute Gasteiger partial charge is 0.454 e. The molecule has 33 heavy (non-hydrogen) atoms. The number of ether oxygens (including phenoxy) is 2. The zero-order chi connectivity index (χ0) is 22.8. The van der Waals surface area contributed by atoms with Gasteiger partial charge in [0, 0.05) is 24.6 Å². The van der Waals surface area contributed by atoms with Gasteiger partial charge in [-0.15, -0.1) is 0 Å². The van der Waals surface area contributed by atoms with Crippen LogP contribution in [0.2, 0.25) is 0 Å². The van der Waals surface area contributed by atoms with Gasteiger partial charge in [0.05, 0.1) is 4.90 Å². The maximum atomic E-state index is 13.1. The Morgan fingerprint density at radius 3 is 2.55 bits per heavy atom. The van der Waals surface area contributed by atoms with Gasteiger partial charge >= 0.3 is 0 Å². The van der Waals surface area contributed by atoms with Crippen LogP contribution in [0, 0.1) is 0 Å². The Morgan fingerprint density at radius 2 is 1.79 bits per heavy atom. The van der Waals surface area contributed by atoms with Gasteiger partial charge in [0.25, 0.3) is 0 Å². The summed E-state index contributed by atoms with van der Waals surface area (Å²) in [4.78, 5) is 4.92. The molecule has 1 saturated heterocycles. The SMILES string of the molecule is CCCCc1ccc(S(=O)(=O)N2CCC(c3nc(-c4ccc5c(c4)OCO5)no3)CC2)cc1. The van der Waals surface area contributed by atoms with Crippen LogP contribution in [0.3, 0.4) is 0 Å². The molecule has 0 unspecified atom stereocenters. The fourth-order valence-electron chi connectivity index (χ4n) is 4.26. The fraction of sp³-hybridized carbons (Fsp3) is 0.417. The summed E-state index contributed by atoms with van der Waals surface area (Å²) >= 11 is 0. The number of aryl methyl sites for hydroxylation is 1. The predicted molar refractivity (Wildman–Crippen MR) is 122 cm³/mol. The van der Waals surface area contributed by atoms with Gasteiger partial charge in [0.1, 0.15) is 0 Å². The predicted octanol–water partition coefficient (Wildman–Crippen LogP) is 4.38. The summed E-state index contributed by atoms with van der Waals surface area (Å²) in [6, 6.07) is 12.8. The number of nitrogens with zero attached hydrogens (tertiary/aromatic N) is 3. The van der Waals surface area contributed by atoms with Gasteiger partial charge in [0.15, 0.2) is 11.5 Å². The van der Waals surface area contributed by atoms with E-state index in [0.717, 1.165) is 24.8 Å². The van der Waals surface area contributed by atoms with Crippen molar-refractivity contribution in [2.45, 2.75) is 49.8 Å². The van der Waals surface area contributed by atoms with Crippen LogP contribution in [0.1, 0.15) is 50.0 Å². The molecule has 0 radical (unpaired) electrons. The van der Waals surface area contributed by atoms with Crippen molar-refractivity contribution in [2.75, 3.05) is 19.9 Å². The summed E-state index contributed by atoms with van der Waals surface area (Å²) < 4.78 is 44.0. The maximum absolute atomic E-state index is 13.1. The molecule has 0 atom stereocenters. The van der Waals surface area contributed by atoms with Crippen molar-refractivity contribution < 1.29 is 22.4 Å². The molecule has 1 fully saturated rings. The first-order valence-electron chi connectivity index (χ1n) is 11.4. The van der Waals surface area contributed by atoms with Crippen LogP contribution in [-0.4, -0.2) is 42.7 Å². The number of rotatable bonds is 7. The molecule has 1 aromatic heterocycles. The van der Waals surface area contributed by atoms with E-state index in [1.165, 1.54) is 5.56 Å². The van der Waals surface area contributed by atoms with Gasteiger partial charge in [-0.3, -0.25) is 0 Å². The van der Waals surface area contributed by atoms with Crippen molar-refractivity contribution in [1.82, 2.24) is 14.4 Å². The van der Waals surface area contributed by atoms with Crippen molar-refractivity contribution >= 4 is 10.0 Å². The third-order valence-electron chi connectivity index (χ3n) is 6.26. The first kappa shape index (κ1) is 21.9. The van der Waals surface area contributed by atoms with E-state index in [1.807, 2.05) is 30.3 Å². The first-order chi connectivity index (χ1) is 16.0. The molecule has 0 aliphatic carbocycles. The normalized spacial score (nSPS) is 16.9. The van der Waals surface area contributed by atoms with Crippen molar-refractivity contribution in [3.8, 4) is 22.9 Å². The average Bonchev–Trinajstić information content (AvgIpc) is 3.52. The average molecular weight is 470 g/mol. The second-order valence-corrected chi connectivity index (χ2v) is 10.4. The Labute approximate surface area is 193 Å². The van der Waals surface area contributed by atoms with E-state index >= 15 is 0 Å². The minimum absolute atomic E-state index is 0.0307. The molecule has 0 saturated carbocycles. The molecule has 2 aliphatic heterocycles. The topological polar surface area (TPSA) is 94.8 Å². The molecule has 2 aliphatic rings. The molecule has 2 aromatic carbocycles. The number of aromatic nitrogens is 2. The van der Waals surface area contributed by atoms with Gasteiger partial charge in [-0.25, -0.2) is 8.42 Å². The Kier molecular flexibility index (Phi) is 6.07. The van der Waals surface area contributed by atoms with Crippen LogP contribution < -0.4 is 9.47 Å². The summed E-state index contributed by atoms with van der Waals surface area (Å²) in [7, 11) is -3.51. The number of piperidine rings is 1. The van der Waals surface area contributed by atoms with Crippen LogP contribution in [0.4, 0.5) is 0 Å². The smallest absolute Gasteiger partial charge is 0.243 e. The summed E-state index contributed by atoms with van der Waals surface area (Å²) in [5.74, 6) is 2.42. The van der Waals surface area contributed by atoms with Crippen molar-refractivity contribution in [1.29, 1.82) is 0 Å². The Balaban J connectivity index is 1.23. The van der Waals surface area contributed by atoms with Crippen molar-refractivity contribution in [3.05, 3.63) is 53.9 Å². The maximum Gasteiger partial charge on any atom is 0.243 e. The van der Waals surface area contributed by atoms with E-state index in [0.29, 0.717) is 54.0 Å². The molecule has 9 heteroatoms. The molecule has 0 N–H and O–H groups in total. The summed E-state index contributed by atoms with van der Waals surface area (Å²) in [6.07, 6.45) is 4.46. The zero-order valence-electron chi connectivity index (χ0n) is 18.6. The van der Waals surface area contributed by atoms with Gasteiger partial charge in [-0.05, 0) is 61.6 Å². The zero-order valence-corrected chi connectivity index (χ0v) is 19.4. The molecular formula is C24H27N3O5S. The monoisotopic (exact) mass is 469 g/mol. The molecule has 5 rings (SSSR count). The molecular weight excluding hydrogens is 442 g/mol. The molecule has 3 heterocycles. The number of hydrogen-bond donors (Lipinski definition) is 0. The molecule has 3 aromatic rings. The van der Waals surface area contributed by atoms with Crippen LogP contribution >= 0.6 is 0 Å². The molecule has 0 spiro atoms. The highest BCUT2D eigenvalue weighted by atomic mass is 32.2. The second-order valence-electron chi connectivity index (χ2n) is 8.45. The molecule has 174 valence electrons. The molecule has 8 nitrogen and oxygen atoms in total. The minimum Gasteiger partial charge on any atom is -0.454 e. The fourth-order valence-corrected chi connectivity index (χ4v) is 5.72. The van der Waals surface area contributed by atoms with Crippen LogP contribution in [0.5, 0.6) is 11.5 Å². The van der Waals surface area contributed by atoms with E-state index in [4.69, 9.17) is 14.0 Å². The number of benzene rings is 2. The Morgan fingerprint density at radius 1 is 1.03 bits per heavy atom. The highest BCUT2D eigenvalue weighted by molar-refractivity contribution is 7.89. The highest BCUT2D eigenvalue weighted by Crippen LogP contribution is 2.36. The van der Waals surface area contributed by atoms with Crippen LogP contribution in [0.15, 0.2) is 51.9 Å². The Bertz CT molecular complexity index is 1220. The van der Waals surface area contributed by atoms with Gasteiger partial charge in [-0.2, -0.15) is 9.29 Å². The highest BCUT2D eigenvalue weighted by Gasteiger charge is 2.32. The van der Waals surface area contributed by atoms with Gasteiger partial charge in [0.2, 0.25) is 28.5 Å². The van der Waals surface area contributed by atoms with E-state index in [9.17, 15) is 8.42 Å². The number of hydrogen-bond acceptors (Lipinski definition) is 7. The summed E-state index contributed by atoms with van der Waals surface area (Å²) in [6.45, 7) is 3.20. The van der Waals surface area contributed by atoms with Crippen molar-refractivity contribution in [2.24, 2.45) is 0 Å². The molecule has 0 bridgehead atoms. The lowest BCUT2D eigenvalue weighted by Crippen LogP contribution is -2.37. The summed E-state index contributed by atoms with van der Waals surface area (Å²) in [5.41, 5.74) is 1.96. The van der Waals surface area contributed by atoms with E-state index in [2.05, 4.69) is 17.1 Å². The minimum atomic E-state index is -3.51. The van der Waals surface area contributed by atoms with E-state index in [1.54, 1.807) is 16.4 Å². The van der Waals surface area contributed by atoms with E-state index < -0.39 is 10.0 Å². The number of fused-ring (bicyclic) bond motifs is 1. The Hall–Kier alpha value is -2.91. The van der Waals surface area contributed by atoms with Crippen molar-refractivity contribution in [3.63, 3.8) is 0 Å². The molecule has 0 amide bonds. The van der Waals surface area contributed by atoms with Gasteiger partial charge < -0.3 is 14.0 Å². The quantitative estimate of drug-likeness (QED) is 0.507.